The molecule has 1 aromatic heterocycles. The van der Waals surface area contributed by atoms with Gasteiger partial charge in [-0.25, -0.2) is 4.98 Å². The minimum atomic E-state index is 0.352. The number of anilines is 1. The largest absolute Gasteiger partial charge is 0.345 e. The van der Waals surface area contributed by atoms with Crippen molar-refractivity contribution in [2.45, 2.75) is 57.2 Å². The van der Waals surface area contributed by atoms with Crippen molar-refractivity contribution in [2.75, 3.05) is 11.4 Å². The predicted molar refractivity (Wildman–Crippen MR) is 82.4 cm³/mol. The van der Waals surface area contributed by atoms with E-state index < -0.39 is 0 Å². The van der Waals surface area contributed by atoms with E-state index in [9.17, 15) is 0 Å². The molecule has 1 N–H and O–H groups in total. The second-order valence-electron chi connectivity index (χ2n) is 5.68. The van der Waals surface area contributed by atoms with E-state index >= 15 is 0 Å². The van der Waals surface area contributed by atoms with Crippen LogP contribution in [-0.2, 0) is 0 Å². The van der Waals surface area contributed by atoms with Gasteiger partial charge in [0.05, 0.1) is 0 Å². The number of piperidine rings is 1. The number of nitrogens with one attached hydrogen (secondary N) is 1. The maximum Gasteiger partial charge on any atom is 0.188 e. The van der Waals surface area contributed by atoms with Crippen LogP contribution in [0.25, 0.3) is 0 Å². The van der Waals surface area contributed by atoms with Crippen LogP contribution in [0.3, 0.4) is 0 Å². The first-order valence-corrected chi connectivity index (χ1v) is 8.49. The van der Waals surface area contributed by atoms with Crippen LogP contribution in [0.2, 0.25) is 5.15 Å². The molecular formula is C14H19ClN4S. The van der Waals surface area contributed by atoms with E-state index in [0.29, 0.717) is 28.2 Å². The molecule has 1 aromatic rings. The van der Waals surface area contributed by atoms with Crippen molar-refractivity contribution in [3.05, 3.63) is 10.0 Å². The third kappa shape index (κ3) is 2.65. The summed E-state index contributed by atoms with van der Waals surface area (Å²) < 4.78 is 0. The minimum absolute atomic E-state index is 0.352. The molecule has 2 unspecified atom stereocenters. The van der Waals surface area contributed by atoms with Gasteiger partial charge in [0, 0.05) is 24.7 Å². The van der Waals surface area contributed by atoms with Crippen molar-refractivity contribution >= 4 is 28.1 Å². The lowest BCUT2D eigenvalue weighted by atomic mass is 9.98. The zero-order chi connectivity index (χ0) is 14.1. The molecule has 20 heavy (non-hydrogen) atoms. The molecule has 2 atom stereocenters. The highest BCUT2D eigenvalue weighted by atomic mass is 35.5. The van der Waals surface area contributed by atoms with Gasteiger partial charge in [0.1, 0.15) is 10.9 Å². The Balaban J connectivity index is 1.83. The van der Waals surface area contributed by atoms with Crippen LogP contribution < -0.4 is 10.2 Å². The molecule has 0 spiro atoms. The zero-order valence-corrected chi connectivity index (χ0v) is 13.2. The van der Waals surface area contributed by atoms with E-state index in [4.69, 9.17) is 16.9 Å². The summed E-state index contributed by atoms with van der Waals surface area (Å²) in [6.45, 7) is 3.17. The quantitative estimate of drug-likeness (QED) is 0.928. The number of halogens is 1. The number of thiazole rings is 1. The molecule has 0 aliphatic carbocycles. The molecule has 6 heteroatoms. The Morgan fingerprint density at radius 3 is 2.70 bits per heavy atom. The maximum atomic E-state index is 9.06. The Labute approximate surface area is 128 Å². The fraction of sp³-hybridized carbons (Fsp3) is 0.714. The predicted octanol–water partition coefficient (Wildman–Crippen LogP) is 3.17. The fourth-order valence-corrected chi connectivity index (χ4v) is 4.58. The van der Waals surface area contributed by atoms with Gasteiger partial charge in [-0.05, 0) is 32.1 Å². The molecule has 2 aliphatic rings. The van der Waals surface area contributed by atoms with Crippen LogP contribution in [0.4, 0.5) is 5.13 Å². The number of fused-ring (bicyclic) bond motifs is 2. The SMILES string of the molecule is CCCN(c1nc(Cl)c(C#N)s1)C1CC2CCC(C1)N2. The van der Waals surface area contributed by atoms with Crippen LogP contribution in [-0.4, -0.2) is 29.7 Å². The highest BCUT2D eigenvalue weighted by molar-refractivity contribution is 7.16. The Morgan fingerprint density at radius 2 is 2.15 bits per heavy atom. The smallest absolute Gasteiger partial charge is 0.188 e. The number of nitriles is 1. The molecule has 0 saturated carbocycles. The Morgan fingerprint density at radius 1 is 1.45 bits per heavy atom. The lowest BCUT2D eigenvalue weighted by Crippen LogP contribution is -2.48. The van der Waals surface area contributed by atoms with E-state index in [1.54, 1.807) is 0 Å². The summed E-state index contributed by atoms with van der Waals surface area (Å²) >= 11 is 7.46. The van der Waals surface area contributed by atoms with Gasteiger partial charge >= 0.3 is 0 Å². The van der Waals surface area contributed by atoms with E-state index in [1.165, 1.54) is 37.0 Å². The number of rotatable bonds is 4. The van der Waals surface area contributed by atoms with Crippen LogP contribution in [0.15, 0.2) is 0 Å². The molecular weight excluding hydrogens is 292 g/mol. The summed E-state index contributed by atoms with van der Waals surface area (Å²) in [5.41, 5.74) is 0. The number of aromatic nitrogens is 1. The van der Waals surface area contributed by atoms with Gasteiger partial charge in [-0.15, -0.1) is 0 Å². The second kappa shape index (κ2) is 5.88. The first-order chi connectivity index (χ1) is 9.71. The highest BCUT2D eigenvalue weighted by Crippen LogP contribution is 2.35. The lowest BCUT2D eigenvalue weighted by Gasteiger charge is -2.37. The Hall–Kier alpha value is -0.830. The van der Waals surface area contributed by atoms with Crippen LogP contribution >= 0.6 is 22.9 Å². The lowest BCUT2D eigenvalue weighted by molar-refractivity contribution is 0.346. The topological polar surface area (TPSA) is 52.0 Å². The average Bonchev–Trinajstić information content (AvgIpc) is 2.98. The molecule has 0 radical (unpaired) electrons. The Kier molecular flexibility index (Phi) is 4.16. The first-order valence-electron chi connectivity index (χ1n) is 7.30. The van der Waals surface area contributed by atoms with Crippen LogP contribution in [0.5, 0.6) is 0 Å². The van der Waals surface area contributed by atoms with E-state index in [2.05, 4.69) is 28.2 Å². The van der Waals surface area contributed by atoms with Crippen molar-refractivity contribution in [1.82, 2.24) is 10.3 Å². The molecule has 4 nitrogen and oxygen atoms in total. The molecule has 108 valence electrons. The summed E-state index contributed by atoms with van der Waals surface area (Å²) in [6, 6.07) is 3.97. The molecule has 2 aliphatic heterocycles. The monoisotopic (exact) mass is 310 g/mol. The fourth-order valence-electron chi connectivity index (χ4n) is 3.44. The summed E-state index contributed by atoms with van der Waals surface area (Å²) in [5, 5.41) is 14.0. The van der Waals surface area contributed by atoms with E-state index in [0.717, 1.165) is 18.1 Å². The number of hydrogen-bond donors (Lipinski definition) is 1. The maximum absolute atomic E-state index is 9.06. The number of nitrogens with zero attached hydrogens (tertiary/aromatic N) is 3. The molecule has 3 rings (SSSR count). The molecule has 2 saturated heterocycles. The zero-order valence-electron chi connectivity index (χ0n) is 11.6. The molecule has 2 fully saturated rings. The van der Waals surface area contributed by atoms with Crippen molar-refractivity contribution < 1.29 is 0 Å². The third-order valence-electron chi connectivity index (χ3n) is 4.28. The minimum Gasteiger partial charge on any atom is -0.345 e. The molecule has 3 heterocycles. The van der Waals surface area contributed by atoms with Gasteiger partial charge in [-0.2, -0.15) is 5.26 Å². The highest BCUT2D eigenvalue weighted by Gasteiger charge is 2.36. The van der Waals surface area contributed by atoms with E-state index in [-0.39, 0.29) is 0 Å². The van der Waals surface area contributed by atoms with Crippen molar-refractivity contribution in [1.29, 1.82) is 5.26 Å². The van der Waals surface area contributed by atoms with Gasteiger partial charge in [-0.3, -0.25) is 0 Å². The van der Waals surface area contributed by atoms with Gasteiger partial charge < -0.3 is 10.2 Å². The van der Waals surface area contributed by atoms with Gasteiger partial charge in [0.15, 0.2) is 10.3 Å². The first kappa shape index (κ1) is 14.1. The summed E-state index contributed by atoms with van der Waals surface area (Å²) in [7, 11) is 0. The summed E-state index contributed by atoms with van der Waals surface area (Å²) in [4.78, 5) is 7.32. The molecule has 0 amide bonds. The van der Waals surface area contributed by atoms with Crippen LogP contribution in [0, 0.1) is 11.3 Å². The third-order valence-corrected chi connectivity index (χ3v) is 5.66. The Bertz CT molecular complexity index is 512. The van der Waals surface area contributed by atoms with Crippen molar-refractivity contribution in [2.24, 2.45) is 0 Å². The second-order valence-corrected chi connectivity index (χ2v) is 7.02. The van der Waals surface area contributed by atoms with Gasteiger partial charge in [0.2, 0.25) is 0 Å². The average molecular weight is 311 g/mol. The van der Waals surface area contributed by atoms with Gasteiger partial charge in [-0.1, -0.05) is 29.9 Å². The van der Waals surface area contributed by atoms with E-state index in [1.807, 2.05) is 0 Å². The molecule has 0 aromatic carbocycles. The van der Waals surface area contributed by atoms with Crippen LogP contribution in [0.1, 0.15) is 43.9 Å². The molecule has 2 bridgehead atoms. The van der Waals surface area contributed by atoms with Crippen molar-refractivity contribution in [3.63, 3.8) is 0 Å². The van der Waals surface area contributed by atoms with Gasteiger partial charge in [0.25, 0.3) is 0 Å². The summed E-state index contributed by atoms with van der Waals surface area (Å²) in [5.74, 6) is 0. The van der Waals surface area contributed by atoms with Crippen molar-refractivity contribution in [3.8, 4) is 6.07 Å². The summed E-state index contributed by atoms with van der Waals surface area (Å²) in [6.07, 6.45) is 6.02. The number of hydrogen-bond acceptors (Lipinski definition) is 5. The standard InChI is InChI=1S/C14H19ClN4S/c1-2-5-19(14-18-13(15)12(8-16)20-14)11-6-9-3-4-10(7-11)17-9/h9-11,17H,2-7H2,1H3. The normalized spacial score (nSPS) is 28.4.